The van der Waals surface area contributed by atoms with Crippen LogP contribution in [0.2, 0.25) is 0 Å². The first-order valence-electron chi connectivity index (χ1n) is 9.55. The molecule has 4 heteroatoms. The van der Waals surface area contributed by atoms with Crippen LogP contribution in [0.3, 0.4) is 0 Å². The highest BCUT2D eigenvalue weighted by atomic mass is 16.3. The zero-order valence-corrected chi connectivity index (χ0v) is 14.5. The molecule has 0 aromatic heterocycles. The molecule has 2 N–H and O–H groups in total. The second kappa shape index (κ2) is 8.41. The molecule has 0 spiro atoms. The number of nitrogens with one attached hydrogen (secondary N) is 1. The topological polar surface area (TPSA) is 52.6 Å². The van der Waals surface area contributed by atoms with Crippen LogP contribution in [0.4, 0.5) is 4.79 Å². The Hall–Kier alpha value is -1.71. The molecule has 1 aromatic carbocycles. The van der Waals surface area contributed by atoms with E-state index in [2.05, 4.69) is 10.2 Å². The quantitative estimate of drug-likeness (QED) is 0.740. The predicted octanol–water partition coefficient (Wildman–Crippen LogP) is 4.08. The average molecular weight is 330 g/mol. The van der Waals surface area contributed by atoms with E-state index in [-0.39, 0.29) is 6.03 Å². The SMILES string of the molecule is O=C(NCCCc1ccc(O)cc1)N(CC1CCCCC1)C1CC1. The van der Waals surface area contributed by atoms with E-state index in [1.165, 1.54) is 50.5 Å². The summed E-state index contributed by atoms with van der Waals surface area (Å²) >= 11 is 0. The highest BCUT2D eigenvalue weighted by Gasteiger charge is 2.34. The molecule has 0 saturated heterocycles. The third-order valence-corrected chi connectivity index (χ3v) is 5.28. The number of hydrogen-bond donors (Lipinski definition) is 2. The summed E-state index contributed by atoms with van der Waals surface area (Å²) in [5, 5.41) is 12.4. The number of aromatic hydroxyl groups is 1. The van der Waals surface area contributed by atoms with E-state index in [4.69, 9.17) is 0 Å². The standard InChI is InChI=1S/C20H30N2O2/c23-19-12-8-16(9-13-19)7-4-14-21-20(24)22(18-10-11-18)15-17-5-2-1-3-6-17/h8-9,12-13,17-18,23H,1-7,10-11,14-15H2,(H,21,24). The number of carbonyl (C=O) groups excluding carboxylic acids is 1. The van der Waals surface area contributed by atoms with E-state index in [1.54, 1.807) is 12.1 Å². The fourth-order valence-electron chi connectivity index (χ4n) is 3.68. The summed E-state index contributed by atoms with van der Waals surface area (Å²) in [5.74, 6) is 1.01. The minimum absolute atomic E-state index is 0.133. The second-order valence-corrected chi connectivity index (χ2v) is 7.39. The molecular formula is C20H30N2O2. The van der Waals surface area contributed by atoms with Gasteiger partial charge in [-0.15, -0.1) is 0 Å². The smallest absolute Gasteiger partial charge is 0.317 e. The van der Waals surface area contributed by atoms with Crippen molar-refractivity contribution in [3.63, 3.8) is 0 Å². The Labute approximate surface area is 145 Å². The van der Waals surface area contributed by atoms with Crippen LogP contribution in [0.1, 0.15) is 56.9 Å². The molecule has 2 saturated carbocycles. The fourth-order valence-corrected chi connectivity index (χ4v) is 3.68. The molecule has 24 heavy (non-hydrogen) atoms. The number of benzene rings is 1. The molecule has 4 nitrogen and oxygen atoms in total. The van der Waals surface area contributed by atoms with Gasteiger partial charge < -0.3 is 15.3 Å². The molecule has 1 aromatic rings. The molecular weight excluding hydrogens is 300 g/mol. The van der Waals surface area contributed by atoms with Crippen molar-refractivity contribution in [3.05, 3.63) is 29.8 Å². The van der Waals surface area contributed by atoms with Crippen LogP contribution in [0.15, 0.2) is 24.3 Å². The van der Waals surface area contributed by atoms with Crippen molar-refractivity contribution in [2.24, 2.45) is 5.92 Å². The van der Waals surface area contributed by atoms with Crippen LogP contribution < -0.4 is 5.32 Å². The van der Waals surface area contributed by atoms with Gasteiger partial charge in [-0.05, 0) is 62.1 Å². The van der Waals surface area contributed by atoms with Crippen molar-refractivity contribution >= 4 is 6.03 Å². The van der Waals surface area contributed by atoms with Crippen LogP contribution in [0.25, 0.3) is 0 Å². The summed E-state index contributed by atoms with van der Waals surface area (Å²) in [7, 11) is 0. The van der Waals surface area contributed by atoms with E-state index in [9.17, 15) is 9.90 Å². The third kappa shape index (κ3) is 5.15. The highest BCUT2D eigenvalue weighted by Crippen LogP contribution is 2.31. The summed E-state index contributed by atoms with van der Waals surface area (Å²) in [5.41, 5.74) is 1.20. The number of aryl methyl sites for hydroxylation is 1. The van der Waals surface area contributed by atoms with Crippen molar-refractivity contribution in [1.82, 2.24) is 10.2 Å². The lowest BCUT2D eigenvalue weighted by Crippen LogP contribution is -2.44. The first-order valence-corrected chi connectivity index (χ1v) is 9.55. The molecule has 2 amide bonds. The monoisotopic (exact) mass is 330 g/mol. The molecule has 132 valence electrons. The van der Waals surface area contributed by atoms with Gasteiger partial charge in [0.25, 0.3) is 0 Å². The maximum Gasteiger partial charge on any atom is 0.317 e. The summed E-state index contributed by atoms with van der Waals surface area (Å²) in [6.07, 6.45) is 10.8. The molecule has 0 bridgehead atoms. The van der Waals surface area contributed by atoms with Gasteiger partial charge in [-0.25, -0.2) is 4.79 Å². The minimum Gasteiger partial charge on any atom is -0.508 e. The lowest BCUT2D eigenvalue weighted by Gasteiger charge is -2.30. The molecule has 0 radical (unpaired) electrons. The van der Waals surface area contributed by atoms with Crippen molar-refractivity contribution in [3.8, 4) is 5.75 Å². The second-order valence-electron chi connectivity index (χ2n) is 7.39. The Balaban J connectivity index is 1.39. The lowest BCUT2D eigenvalue weighted by molar-refractivity contribution is 0.174. The summed E-state index contributed by atoms with van der Waals surface area (Å²) < 4.78 is 0. The van der Waals surface area contributed by atoms with Gasteiger partial charge in [0.2, 0.25) is 0 Å². The number of nitrogens with zero attached hydrogens (tertiary/aromatic N) is 1. The number of urea groups is 1. The molecule has 0 aliphatic heterocycles. The van der Waals surface area contributed by atoms with Crippen LogP contribution in [-0.2, 0) is 6.42 Å². The molecule has 0 atom stereocenters. The maximum absolute atomic E-state index is 12.5. The number of hydrogen-bond acceptors (Lipinski definition) is 2. The van der Waals surface area contributed by atoms with Gasteiger partial charge in [0, 0.05) is 19.1 Å². The van der Waals surface area contributed by atoms with E-state index in [1.807, 2.05) is 12.1 Å². The van der Waals surface area contributed by atoms with Gasteiger partial charge in [0.15, 0.2) is 0 Å². The average Bonchev–Trinajstić information content (AvgIpc) is 3.44. The zero-order valence-electron chi connectivity index (χ0n) is 14.5. The van der Waals surface area contributed by atoms with E-state index in [0.717, 1.165) is 19.4 Å². The van der Waals surface area contributed by atoms with Crippen molar-refractivity contribution in [1.29, 1.82) is 0 Å². The van der Waals surface area contributed by atoms with Crippen molar-refractivity contribution in [2.45, 2.75) is 63.8 Å². The molecule has 0 unspecified atom stereocenters. The minimum atomic E-state index is 0.133. The number of amides is 2. The summed E-state index contributed by atoms with van der Waals surface area (Å²) in [6, 6.07) is 7.94. The Morgan fingerprint density at radius 3 is 2.46 bits per heavy atom. The van der Waals surface area contributed by atoms with E-state index < -0.39 is 0 Å². The van der Waals surface area contributed by atoms with Crippen molar-refractivity contribution in [2.75, 3.05) is 13.1 Å². The molecule has 2 aliphatic carbocycles. The fraction of sp³-hybridized carbons (Fsp3) is 0.650. The highest BCUT2D eigenvalue weighted by molar-refractivity contribution is 5.74. The summed E-state index contributed by atoms with van der Waals surface area (Å²) in [6.45, 7) is 1.67. The van der Waals surface area contributed by atoms with Gasteiger partial charge in [-0.2, -0.15) is 0 Å². The van der Waals surface area contributed by atoms with Gasteiger partial charge >= 0.3 is 6.03 Å². The van der Waals surface area contributed by atoms with Crippen LogP contribution in [-0.4, -0.2) is 35.2 Å². The Morgan fingerprint density at radius 1 is 1.08 bits per heavy atom. The number of carbonyl (C=O) groups is 1. The third-order valence-electron chi connectivity index (χ3n) is 5.28. The van der Waals surface area contributed by atoms with Gasteiger partial charge in [-0.3, -0.25) is 0 Å². The van der Waals surface area contributed by atoms with Gasteiger partial charge in [0.05, 0.1) is 0 Å². The molecule has 2 aliphatic rings. The molecule has 3 rings (SSSR count). The van der Waals surface area contributed by atoms with Gasteiger partial charge in [-0.1, -0.05) is 31.4 Å². The van der Waals surface area contributed by atoms with Crippen LogP contribution >= 0.6 is 0 Å². The zero-order chi connectivity index (χ0) is 16.8. The first-order chi connectivity index (χ1) is 11.7. The van der Waals surface area contributed by atoms with Crippen LogP contribution in [0, 0.1) is 5.92 Å². The van der Waals surface area contributed by atoms with Crippen LogP contribution in [0.5, 0.6) is 5.75 Å². The molecule has 0 heterocycles. The number of rotatable bonds is 7. The Kier molecular flexibility index (Phi) is 6.00. The normalized spacial score (nSPS) is 18.3. The van der Waals surface area contributed by atoms with E-state index >= 15 is 0 Å². The van der Waals surface area contributed by atoms with E-state index in [0.29, 0.717) is 24.3 Å². The number of phenolic OH excluding ortho intramolecular Hbond substituents is 1. The maximum atomic E-state index is 12.5. The van der Waals surface area contributed by atoms with Gasteiger partial charge in [0.1, 0.15) is 5.75 Å². The molecule has 2 fully saturated rings. The first kappa shape index (κ1) is 17.1. The van der Waals surface area contributed by atoms with Crippen molar-refractivity contribution < 1.29 is 9.90 Å². The lowest BCUT2D eigenvalue weighted by atomic mass is 9.89. The number of phenols is 1. The largest absolute Gasteiger partial charge is 0.508 e. The predicted molar refractivity (Wildman–Crippen MR) is 96.1 cm³/mol. The Bertz CT molecular complexity index is 519. The summed E-state index contributed by atoms with van der Waals surface area (Å²) in [4.78, 5) is 14.6. The Morgan fingerprint density at radius 2 is 1.79 bits per heavy atom.